The molecule has 2 aromatic heterocycles. The maximum Gasteiger partial charge on any atom is 0.252 e. The molecule has 0 atom stereocenters. The summed E-state index contributed by atoms with van der Waals surface area (Å²) in [5.74, 6) is 1.06. The zero-order valence-electron chi connectivity index (χ0n) is 14.6. The van der Waals surface area contributed by atoms with Crippen molar-refractivity contribution in [2.45, 2.75) is 26.7 Å². The Kier molecular flexibility index (Phi) is 5.08. The molecule has 0 aliphatic rings. The van der Waals surface area contributed by atoms with Gasteiger partial charge in [-0.2, -0.15) is 15.3 Å². The number of aromatic nitrogens is 4. The van der Waals surface area contributed by atoms with E-state index in [1.165, 1.54) is 6.33 Å². The number of nitrogens with zero attached hydrogens (tertiary/aromatic N) is 5. The number of fused-ring (bicyclic) bond motifs is 1. The lowest BCUT2D eigenvalue weighted by molar-refractivity contribution is -0.116. The van der Waals surface area contributed by atoms with Gasteiger partial charge in [0.15, 0.2) is 6.61 Å². The number of rotatable bonds is 6. The van der Waals surface area contributed by atoms with Crippen LogP contribution in [0.4, 0.5) is 5.69 Å². The van der Waals surface area contributed by atoms with Gasteiger partial charge in [-0.3, -0.25) is 4.79 Å². The maximum absolute atomic E-state index is 12.2. The highest BCUT2D eigenvalue weighted by Gasteiger charge is 2.12. The van der Waals surface area contributed by atoms with Crippen LogP contribution in [0, 0.1) is 25.2 Å². The van der Waals surface area contributed by atoms with Gasteiger partial charge in [0.25, 0.3) is 5.78 Å². The summed E-state index contributed by atoms with van der Waals surface area (Å²) in [5, 5.41) is 15.5. The lowest BCUT2D eigenvalue weighted by Gasteiger charge is -2.11. The molecule has 0 saturated carbocycles. The van der Waals surface area contributed by atoms with Crippen LogP contribution in [0.3, 0.4) is 0 Å². The van der Waals surface area contributed by atoms with E-state index in [-0.39, 0.29) is 12.5 Å². The summed E-state index contributed by atoms with van der Waals surface area (Å²) in [7, 11) is 0. The Morgan fingerprint density at radius 1 is 1.31 bits per heavy atom. The Hall–Kier alpha value is -3.47. The Morgan fingerprint density at radius 3 is 2.81 bits per heavy atom. The fourth-order valence-corrected chi connectivity index (χ4v) is 2.73. The monoisotopic (exact) mass is 350 g/mol. The third kappa shape index (κ3) is 3.78. The summed E-state index contributed by atoms with van der Waals surface area (Å²) in [6.07, 6.45) is 2.36. The van der Waals surface area contributed by atoms with Gasteiger partial charge in [-0.1, -0.05) is 0 Å². The number of hydrogen-bond donors (Lipinski definition) is 1. The summed E-state index contributed by atoms with van der Waals surface area (Å²) in [6.45, 7) is 3.85. The quantitative estimate of drug-likeness (QED) is 0.731. The van der Waals surface area contributed by atoms with Gasteiger partial charge in [-0.15, -0.1) is 0 Å². The first-order chi connectivity index (χ1) is 12.6. The molecule has 26 heavy (non-hydrogen) atoms. The van der Waals surface area contributed by atoms with Crippen molar-refractivity contribution in [1.29, 1.82) is 5.26 Å². The summed E-state index contributed by atoms with van der Waals surface area (Å²) in [4.78, 5) is 20.7. The highest BCUT2D eigenvalue weighted by molar-refractivity contribution is 5.90. The van der Waals surface area contributed by atoms with Crippen molar-refractivity contribution in [1.82, 2.24) is 19.6 Å². The fraction of sp³-hybridized carbons (Fsp3) is 0.278. The highest BCUT2D eigenvalue weighted by atomic mass is 16.5. The molecule has 1 N–H and O–H groups in total. The maximum atomic E-state index is 12.2. The third-order valence-corrected chi connectivity index (χ3v) is 4.03. The SMILES string of the molecule is Cc1nc2ncnn2c(C)c1CCC(=O)Nc1ccc(OCC#N)cc1. The van der Waals surface area contributed by atoms with E-state index < -0.39 is 0 Å². The van der Waals surface area contributed by atoms with Crippen molar-refractivity contribution in [2.24, 2.45) is 0 Å². The number of aryl methyl sites for hydroxylation is 2. The number of nitrogens with one attached hydrogen (secondary N) is 1. The van der Waals surface area contributed by atoms with Crippen LogP contribution in [0.25, 0.3) is 5.78 Å². The van der Waals surface area contributed by atoms with E-state index in [0.717, 1.165) is 17.0 Å². The van der Waals surface area contributed by atoms with E-state index in [1.54, 1.807) is 28.8 Å². The molecule has 8 nitrogen and oxygen atoms in total. The first-order valence-electron chi connectivity index (χ1n) is 8.14. The number of ether oxygens (including phenoxy) is 1. The Morgan fingerprint density at radius 2 is 2.08 bits per heavy atom. The van der Waals surface area contributed by atoms with Gasteiger partial charge < -0.3 is 10.1 Å². The second-order valence-electron chi connectivity index (χ2n) is 5.75. The molecule has 0 radical (unpaired) electrons. The van der Waals surface area contributed by atoms with Gasteiger partial charge in [-0.05, 0) is 50.1 Å². The van der Waals surface area contributed by atoms with Crippen LogP contribution in [0.2, 0.25) is 0 Å². The number of nitriles is 1. The third-order valence-electron chi connectivity index (χ3n) is 4.03. The molecular weight excluding hydrogens is 332 g/mol. The van der Waals surface area contributed by atoms with E-state index in [0.29, 0.717) is 30.1 Å². The highest BCUT2D eigenvalue weighted by Crippen LogP contribution is 2.17. The van der Waals surface area contributed by atoms with Crippen LogP contribution in [0.15, 0.2) is 30.6 Å². The van der Waals surface area contributed by atoms with Crippen LogP contribution in [-0.4, -0.2) is 32.1 Å². The number of carbonyl (C=O) groups is 1. The smallest absolute Gasteiger partial charge is 0.252 e. The van der Waals surface area contributed by atoms with Crippen molar-refractivity contribution in [3.63, 3.8) is 0 Å². The topological polar surface area (TPSA) is 105 Å². The molecule has 0 unspecified atom stereocenters. The number of benzene rings is 1. The molecule has 0 aliphatic carbocycles. The van der Waals surface area contributed by atoms with Crippen molar-refractivity contribution in [2.75, 3.05) is 11.9 Å². The van der Waals surface area contributed by atoms with Crippen LogP contribution in [0.5, 0.6) is 5.75 Å². The van der Waals surface area contributed by atoms with E-state index in [4.69, 9.17) is 10.00 Å². The molecule has 2 heterocycles. The zero-order valence-corrected chi connectivity index (χ0v) is 14.6. The van der Waals surface area contributed by atoms with Crippen LogP contribution in [0.1, 0.15) is 23.4 Å². The number of amides is 1. The molecule has 132 valence electrons. The normalized spacial score (nSPS) is 10.5. The lowest BCUT2D eigenvalue weighted by Crippen LogP contribution is -2.14. The minimum Gasteiger partial charge on any atom is -0.479 e. The molecule has 0 fully saturated rings. The average Bonchev–Trinajstić information content (AvgIpc) is 3.09. The summed E-state index contributed by atoms with van der Waals surface area (Å²) in [6, 6.07) is 8.81. The van der Waals surface area contributed by atoms with Gasteiger partial charge in [0.1, 0.15) is 18.1 Å². The van der Waals surface area contributed by atoms with E-state index in [1.807, 2.05) is 19.9 Å². The first-order valence-corrected chi connectivity index (χ1v) is 8.14. The Bertz CT molecular complexity index is 972. The second-order valence-corrected chi connectivity index (χ2v) is 5.75. The first kappa shape index (κ1) is 17.4. The van der Waals surface area contributed by atoms with Crippen LogP contribution >= 0.6 is 0 Å². The van der Waals surface area contributed by atoms with Gasteiger partial charge in [0.2, 0.25) is 5.91 Å². The largest absolute Gasteiger partial charge is 0.479 e. The van der Waals surface area contributed by atoms with Gasteiger partial charge in [0, 0.05) is 23.5 Å². The molecule has 0 aliphatic heterocycles. The number of hydrogen-bond acceptors (Lipinski definition) is 6. The van der Waals surface area contributed by atoms with Gasteiger partial charge >= 0.3 is 0 Å². The molecule has 3 rings (SSSR count). The van der Waals surface area contributed by atoms with Crippen LogP contribution < -0.4 is 10.1 Å². The Balaban J connectivity index is 1.61. The molecule has 0 saturated heterocycles. The molecule has 8 heteroatoms. The van der Waals surface area contributed by atoms with Crippen molar-refractivity contribution in [3.05, 3.63) is 47.5 Å². The number of carbonyl (C=O) groups excluding carboxylic acids is 1. The molecule has 3 aromatic rings. The van der Waals surface area contributed by atoms with E-state index in [9.17, 15) is 4.79 Å². The molecule has 1 aromatic carbocycles. The Labute approximate surface area is 150 Å². The standard InChI is InChI=1S/C18H18N6O2/c1-12-16(13(2)24-18(22-12)20-11-21-24)7-8-17(25)23-14-3-5-15(6-4-14)26-10-9-19/h3-6,11H,7-8,10H2,1-2H3,(H,23,25). The fourth-order valence-electron chi connectivity index (χ4n) is 2.73. The molecule has 1 amide bonds. The van der Waals surface area contributed by atoms with Gasteiger partial charge in [0.05, 0.1) is 0 Å². The molecule has 0 spiro atoms. The van der Waals surface area contributed by atoms with Crippen molar-refractivity contribution >= 4 is 17.4 Å². The van der Waals surface area contributed by atoms with Crippen LogP contribution in [-0.2, 0) is 11.2 Å². The lowest BCUT2D eigenvalue weighted by atomic mass is 10.1. The van der Waals surface area contributed by atoms with Crippen molar-refractivity contribution in [3.8, 4) is 11.8 Å². The minimum atomic E-state index is -0.0896. The average molecular weight is 350 g/mol. The predicted molar refractivity (Wildman–Crippen MR) is 94.8 cm³/mol. The predicted octanol–water partition coefficient (Wildman–Crippen LogP) is 2.21. The minimum absolute atomic E-state index is 0.00540. The summed E-state index contributed by atoms with van der Waals surface area (Å²) in [5.41, 5.74) is 3.47. The zero-order chi connectivity index (χ0) is 18.5. The summed E-state index contributed by atoms with van der Waals surface area (Å²) >= 11 is 0. The van der Waals surface area contributed by atoms with Crippen molar-refractivity contribution < 1.29 is 9.53 Å². The molecule has 0 bridgehead atoms. The number of anilines is 1. The summed E-state index contributed by atoms with van der Waals surface area (Å²) < 4.78 is 6.86. The second kappa shape index (κ2) is 7.61. The van der Waals surface area contributed by atoms with E-state index >= 15 is 0 Å². The van der Waals surface area contributed by atoms with E-state index in [2.05, 4.69) is 20.4 Å². The van der Waals surface area contributed by atoms with Gasteiger partial charge in [-0.25, -0.2) is 9.50 Å². The molecular formula is C18H18N6O2.